The molecular weight excluding hydrogens is 259 g/mol. The van der Waals surface area contributed by atoms with Crippen molar-refractivity contribution in [3.05, 3.63) is 11.8 Å². The summed E-state index contributed by atoms with van der Waals surface area (Å²) in [4.78, 5) is 0. The van der Waals surface area contributed by atoms with E-state index in [9.17, 15) is 13.2 Å². The Hall–Kier alpha value is -1.11. The molecule has 1 N–H and O–H groups in total. The third kappa shape index (κ3) is 3.46. The number of alkyl halides is 3. The lowest BCUT2D eigenvalue weighted by Crippen LogP contribution is -2.31. The van der Waals surface area contributed by atoms with Crippen LogP contribution in [0.4, 0.5) is 13.2 Å². The number of nitrogens with one attached hydrogen (secondary N) is 1. The molecule has 0 amide bonds. The average molecular weight is 277 g/mol. The summed E-state index contributed by atoms with van der Waals surface area (Å²) >= 11 is 0. The van der Waals surface area contributed by atoms with Crippen LogP contribution < -0.4 is 5.32 Å². The van der Waals surface area contributed by atoms with Gasteiger partial charge in [-0.1, -0.05) is 12.8 Å². The van der Waals surface area contributed by atoms with Crippen LogP contribution >= 0.6 is 0 Å². The SMILES string of the molecule is CNCCc1nnc(C2CCCCC2C(F)(F)F)o1. The Bertz CT molecular complexity index is 405. The van der Waals surface area contributed by atoms with Gasteiger partial charge in [0.15, 0.2) is 0 Å². The van der Waals surface area contributed by atoms with Gasteiger partial charge in [0, 0.05) is 18.9 Å². The van der Waals surface area contributed by atoms with Crippen LogP contribution in [0.25, 0.3) is 0 Å². The molecule has 1 heterocycles. The maximum Gasteiger partial charge on any atom is 0.392 e. The van der Waals surface area contributed by atoms with Gasteiger partial charge in [-0.2, -0.15) is 13.2 Å². The fourth-order valence-corrected chi connectivity index (χ4v) is 2.57. The Kier molecular flexibility index (Phi) is 4.44. The molecule has 0 radical (unpaired) electrons. The van der Waals surface area contributed by atoms with Gasteiger partial charge in [-0.15, -0.1) is 10.2 Å². The lowest BCUT2D eigenvalue weighted by molar-refractivity contribution is -0.188. The van der Waals surface area contributed by atoms with E-state index in [1.165, 1.54) is 0 Å². The summed E-state index contributed by atoms with van der Waals surface area (Å²) in [6.07, 6.45) is -1.63. The van der Waals surface area contributed by atoms with Crippen molar-refractivity contribution in [3.63, 3.8) is 0 Å². The zero-order chi connectivity index (χ0) is 13.9. The summed E-state index contributed by atoms with van der Waals surface area (Å²) < 4.78 is 44.3. The molecule has 1 aromatic heterocycles. The maximum atomic E-state index is 13.0. The Morgan fingerprint density at radius 1 is 1.26 bits per heavy atom. The van der Waals surface area contributed by atoms with Crippen molar-refractivity contribution in [2.24, 2.45) is 5.92 Å². The minimum Gasteiger partial charge on any atom is -0.425 e. The molecule has 0 saturated heterocycles. The van der Waals surface area contributed by atoms with Gasteiger partial charge < -0.3 is 9.73 Å². The molecule has 0 aromatic carbocycles. The molecule has 19 heavy (non-hydrogen) atoms. The largest absolute Gasteiger partial charge is 0.425 e. The van der Waals surface area contributed by atoms with Gasteiger partial charge in [0.2, 0.25) is 11.8 Å². The van der Waals surface area contributed by atoms with Gasteiger partial charge in [-0.25, -0.2) is 0 Å². The summed E-state index contributed by atoms with van der Waals surface area (Å²) in [5.41, 5.74) is 0. The predicted molar refractivity (Wildman–Crippen MR) is 62.7 cm³/mol. The van der Waals surface area contributed by atoms with E-state index in [2.05, 4.69) is 15.5 Å². The van der Waals surface area contributed by atoms with Gasteiger partial charge in [-0.05, 0) is 19.9 Å². The first kappa shape index (κ1) is 14.3. The number of hydrogen-bond donors (Lipinski definition) is 1. The monoisotopic (exact) mass is 277 g/mol. The Morgan fingerprint density at radius 3 is 2.68 bits per heavy atom. The van der Waals surface area contributed by atoms with Crippen LogP contribution in [0.15, 0.2) is 4.42 Å². The molecule has 2 atom stereocenters. The van der Waals surface area contributed by atoms with Gasteiger partial charge in [-0.3, -0.25) is 0 Å². The molecule has 1 aliphatic rings. The molecule has 0 aliphatic heterocycles. The van der Waals surface area contributed by atoms with E-state index in [1.807, 2.05) is 0 Å². The molecule has 108 valence electrons. The highest BCUT2D eigenvalue weighted by molar-refractivity contribution is 4.99. The lowest BCUT2D eigenvalue weighted by atomic mass is 9.79. The topological polar surface area (TPSA) is 51.0 Å². The normalized spacial score (nSPS) is 24.6. The van der Waals surface area contributed by atoms with E-state index < -0.39 is 18.0 Å². The number of nitrogens with zero attached hydrogens (tertiary/aromatic N) is 2. The molecule has 1 aliphatic carbocycles. The second-order valence-corrected chi connectivity index (χ2v) is 4.93. The zero-order valence-electron chi connectivity index (χ0n) is 10.8. The number of likely N-dealkylation sites (N-methyl/N-ethyl adjacent to an activating group) is 1. The van der Waals surface area contributed by atoms with Crippen molar-refractivity contribution in [2.75, 3.05) is 13.6 Å². The van der Waals surface area contributed by atoms with E-state index in [-0.39, 0.29) is 12.3 Å². The van der Waals surface area contributed by atoms with Gasteiger partial charge in [0.25, 0.3) is 0 Å². The van der Waals surface area contributed by atoms with Gasteiger partial charge >= 0.3 is 6.18 Å². The third-order valence-corrected chi connectivity index (χ3v) is 3.57. The molecule has 1 fully saturated rings. The quantitative estimate of drug-likeness (QED) is 0.919. The van der Waals surface area contributed by atoms with Crippen molar-refractivity contribution in [1.82, 2.24) is 15.5 Å². The van der Waals surface area contributed by atoms with Crippen LogP contribution in [0.5, 0.6) is 0 Å². The van der Waals surface area contributed by atoms with Crippen LogP contribution in [0, 0.1) is 5.92 Å². The second kappa shape index (κ2) is 5.90. The van der Waals surface area contributed by atoms with Crippen molar-refractivity contribution in [2.45, 2.75) is 44.2 Å². The first-order valence-corrected chi connectivity index (χ1v) is 6.56. The smallest absolute Gasteiger partial charge is 0.392 e. The van der Waals surface area contributed by atoms with Crippen LogP contribution in [0.3, 0.4) is 0 Å². The maximum absolute atomic E-state index is 13.0. The molecule has 0 bridgehead atoms. The molecular formula is C12H18F3N3O. The Balaban J connectivity index is 2.11. The minimum absolute atomic E-state index is 0.146. The molecule has 1 aromatic rings. The number of halogens is 3. The summed E-state index contributed by atoms with van der Waals surface area (Å²) in [6, 6.07) is 0. The fourth-order valence-electron chi connectivity index (χ4n) is 2.57. The van der Waals surface area contributed by atoms with Crippen molar-refractivity contribution < 1.29 is 17.6 Å². The van der Waals surface area contributed by atoms with Crippen LogP contribution in [-0.4, -0.2) is 30.0 Å². The average Bonchev–Trinajstić information content (AvgIpc) is 2.84. The van der Waals surface area contributed by atoms with Crippen molar-refractivity contribution >= 4 is 0 Å². The third-order valence-electron chi connectivity index (χ3n) is 3.57. The highest BCUT2D eigenvalue weighted by Gasteiger charge is 2.47. The number of hydrogen-bond acceptors (Lipinski definition) is 4. The van der Waals surface area contributed by atoms with Crippen molar-refractivity contribution in [1.29, 1.82) is 0 Å². The zero-order valence-corrected chi connectivity index (χ0v) is 10.8. The first-order valence-electron chi connectivity index (χ1n) is 6.56. The highest BCUT2D eigenvalue weighted by atomic mass is 19.4. The lowest BCUT2D eigenvalue weighted by Gasteiger charge is -2.30. The summed E-state index contributed by atoms with van der Waals surface area (Å²) in [5.74, 6) is -1.48. The van der Waals surface area contributed by atoms with E-state index >= 15 is 0 Å². The summed E-state index contributed by atoms with van der Waals surface area (Å²) in [7, 11) is 1.79. The van der Waals surface area contributed by atoms with Crippen LogP contribution in [-0.2, 0) is 6.42 Å². The van der Waals surface area contributed by atoms with E-state index in [0.29, 0.717) is 31.7 Å². The van der Waals surface area contributed by atoms with Gasteiger partial charge in [0.05, 0.1) is 5.92 Å². The fraction of sp³-hybridized carbons (Fsp3) is 0.833. The number of aromatic nitrogens is 2. The molecule has 7 heteroatoms. The molecule has 2 rings (SSSR count). The number of rotatable bonds is 4. The van der Waals surface area contributed by atoms with Gasteiger partial charge in [0.1, 0.15) is 0 Å². The minimum atomic E-state index is -4.19. The molecule has 4 nitrogen and oxygen atoms in total. The van der Waals surface area contributed by atoms with Crippen LogP contribution in [0.2, 0.25) is 0 Å². The van der Waals surface area contributed by atoms with E-state index in [4.69, 9.17) is 4.42 Å². The standard InChI is InChI=1S/C12H18F3N3O/c1-16-7-6-10-17-18-11(19-10)8-4-2-3-5-9(8)12(13,14)15/h8-9,16H,2-7H2,1H3. The first-order chi connectivity index (χ1) is 9.02. The summed E-state index contributed by atoms with van der Waals surface area (Å²) in [5, 5.41) is 10.6. The molecule has 1 saturated carbocycles. The van der Waals surface area contributed by atoms with E-state index in [0.717, 1.165) is 6.42 Å². The summed E-state index contributed by atoms with van der Waals surface area (Å²) in [6.45, 7) is 0.662. The highest BCUT2D eigenvalue weighted by Crippen LogP contribution is 2.45. The van der Waals surface area contributed by atoms with Crippen molar-refractivity contribution in [3.8, 4) is 0 Å². The Labute approximate surface area is 109 Å². The Morgan fingerprint density at radius 2 is 2.00 bits per heavy atom. The predicted octanol–water partition coefficient (Wildman–Crippen LogP) is 2.67. The van der Waals surface area contributed by atoms with E-state index in [1.54, 1.807) is 7.05 Å². The van der Waals surface area contributed by atoms with Crippen LogP contribution in [0.1, 0.15) is 43.4 Å². The molecule has 2 unspecified atom stereocenters. The molecule has 0 spiro atoms. The second-order valence-electron chi connectivity index (χ2n) is 4.93.